The fraction of sp³-hybridized carbons (Fsp3) is 0.667. The number of aromatic nitrogens is 1. The average molecular weight is 270 g/mol. The van der Waals surface area contributed by atoms with Crippen LogP contribution in [0.5, 0.6) is 0 Å². The highest BCUT2D eigenvalue weighted by Crippen LogP contribution is 2.21. The predicted molar refractivity (Wildman–Crippen MR) is 68.9 cm³/mol. The second-order valence-electron chi connectivity index (χ2n) is 4.61. The first kappa shape index (κ1) is 13.5. The number of aryl methyl sites for hydroxylation is 2. The normalized spacial score (nSPS) is 24.3. The largest absolute Gasteiger partial charge is 0.394 e. The van der Waals surface area contributed by atoms with E-state index < -0.39 is 0 Å². The van der Waals surface area contributed by atoms with E-state index in [0.717, 1.165) is 10.7 Å². The van der Waals surface area contributed by atoms with Crippen LogP contribution in [0.1, 0.15) is 27.3 Å². The van der Waals surface area contributed by atoms with Gasteiger partial charge in [0.1, 0.15) is 4.88 Å². The standard InChI is InChI=1S/C12H18N2O3S/c1-7-4-14(5-10(6-15)17-7)12(16)11-8(2)13-9(3)18-11/h7,10,15H,4-6H2,1-3H3. The molecule has 2 atom stereocenters. The van der Waals surface area contributed by atoms with Gasteiger partial charge in [-0.05, 0) is 20.8 Å². The van der Waals surface area contributed by atoms with Gasteiger partial charge in [0.2, 0.25) is 0 Å². The molecule has 0 saturated carbocycles. The lowest BCUT2D eigenvalue weighted by Crippen LogP contribution is -2.50. The summed E-state index contributed by atoms with van der Waals surface area (Å²) in [5.41, 5.74) is 0.780. The number of aliphatic hydroxyl groups excluding tert-OH is 1. The zero-order valence-corrected chi connectivity index (χ0v) is 11.7. The SMILES string of the molecule is Cc1nc(C)c(C(=O)N2CC(C)OC(CO)C2)s1. The van der Waals surface area contributed by atoms with Crippen molar-refractivity contribution < 1.29 is 14.6 Å². The predicted octanol–water partition coefficient (Wildman–Crippen LogP) is 0.982. The number of hydrogen-bond acceptors (Lipinski definition) is 5. The summed E-state index contributed by atoms with van der Waals surface area (Å²) in [6.45, 7) is 6.60. The lowest BCUT2D eigenvalue weighted by Gasteiger charge is -2.35. The smallest absolute Gasteiger partial charge is 0.266 e. The zero-order valence-electron chi connectivity index (χ0n) is 10.8. The molecule has 18 heavy (non-hydrogen) atoms. The molecule has 2 rings (SSSR count). The maximum Gasteiger partial charge on any atom is 0.266 e. The lowest BCUT2D eigenvalue weighted by atomic mass is 10.2. The Kier molecular flexibility index (Phi) is 3.99. The van der Waals surface area contributed by atoms with Crippen LogP contribution in [0.4, 0.5) is 0 Å². The molecule has 5 nitrogen and oxygen atoms in total. The molecule has 1 amide bonds. The van der Waals surface area contributed by atoms with Crippen molar-refractivity contribution in [3.8, 4) is 0 Å². The van der Waals surface area contributed by atoms with Crippen LogP contribution in [0.3, 0.4) is 0 Å². The fourth-order valence-electron chi connectivity index (χ4n) is 2.19. The van der Waals surface area contributed by atoms with Crippen molar-refractivity contribution >= 4 is 17.2 Å². The van der Waals surface area contributed by atoms with E-state index in [1.165, 1.54) is 11.3 Å². The van der Waals surface area contributed by atoms with Crippen LogP contribution in [0.15, 0.2) is 0 Å². The molecule has 1 aromatic heterocycles. The number of thiazole rings is 1. The summed E-state index contributed by atoms with van der Waals surface area (Å²) < 4.78 is 5.53. The Morgan fingerprint density at radius 2 is 2.28 bits per heavy atom. The van der Waals surface area contributed by atoms with Gasteiger partial charge < -0.3 is 14.7 Å². The molecule has 1 aromatic rings. The lowest BCUT2D eigenvalue weighted by molar-refractivity contribution is -0.0857. The third kappa shape index (κ3) is 2.71. The van der Waals surface area contributed by atoms with Crippen molar-refractivity contribution in [3.05, 3.63) is 15.6 Å². The summed E-state index contributed by atoms with van der Waals surface area (Å²) in [6.07, 6.45) is -0.332. The molecular weight excluding hydrogens is 252 g/mol. The maximum atomic E-state index is 12.4. The monoisotopic (exact) mass is 270 g/mol. The van der Waals surface area contributed by atoms with Gasteiger partial charge in [0.05, 0.1) is 29.5 Å². The highest BCUT2D eigenvalue weighted by atomic mass is 32.1. The number of hydrogen-bond donors (Lipinski definition) is 1. The first-order chi connectivity index (χ1) is 8.51. The molecule has 0 aliphatic carbocycles. The first-order valence-electron chi connectivity index (χ1n) is 6.01. The Balaban J connectivity index is 2.15. The Hall–Kier alpha value is -0.980. The van der Waals surface area contributed by atoms with Crippen LogP contribution in [-0.4, -0.2) is 52.8 Å². The minimum atomic E-state index is -0.285. The van der Waals surface area contributed by atoms with Crippen molar-refractivity contribution in [3.63, 3.8) is 0 Å². The van der Waals surface area contributed by atoms with E-state index in [0.29, 0.717) is 18.0 Å². The van der Waals surface area contributed by atoms with Crippen LogP contribution in [0, 0.1) is 13.8 Å². The van der Waals surface area contributed by atoms with Gasteiger partial charge in [-0.3, -0.25) is 4.79 Å². The first-order valence-corrected chi connectivity index (χ1v) is 6.82. The molecule has 1 saturated heterocycles. The van der Waals surface area contributed by atoms with E-state index >= 15 is 0 Å². The Morgan fingerprint density at radius 3 is 2.83 bits per heavy atom. The fourth-order valence-corrected chi connectivity index (χ4v) is 3.07. The average Bonchev–Trinajstić information content (AvgIpc) is 2.66. The van der Waals surface area contributed by atoms with Gasteiger partial charge in [0.25, 0.3) is 5.91 Å². The molecule has 0 bridgehead atoms. The summed E-state index contributed by atoms with van der Waals surface area (Å²) in [7, 11) is 0. The number of nitrogens with zero attached hydrogens (tertiary/aromatic N) is 2. The molecule has 1 aliphatic heterocycles. The van der Waals surface area contributed by atoms with Gasteiger partial charge in [0, 0.05) is 13.1 Å². The van der Waals surface area contributed by atoms with E-state index in [2.05, 4.69) is 4.98 Å². The van der Waals surface area contributed by atoms with Crippen LogP contribution < -0.4 is 0 Å². The van der Waals surface area contributed by atoms with E-state index in [1.807, 2.05) is 20.8 Å². The summed E-state index contributed by atoms with van der Waals surface area (Å²) in [5.74, 6) is -0.00769. The summed E-state index contributed by atoms with van der Waals surface area (Å²) in [4.78, 5) is 19.1. The molecule has 100 valence electrons. The number of carbonyl (C=O) groups excluding carboxylic acids is 1. The number of amides is 1. The Morgan fingerprint density at radius 1 is 1.56 bits per heavy atom. The molecular formula is C12H18N2O3S. The molecule has 2 heterocycles. The third-order valence-corrected chi connectivity index (χ3v) is 3.98. The van der Waals surface area contributed by atoms with Crippen molar-refractivity contribution in [2.75, 3.05) is 19.7 Å². The van der Waals surface area contributed by atoms with Crippen LogP contribution in [0.2, 0.25) is 0 Å². The van der Waals surface area contributed by atoms with Gasteiger partial charge >= 0.3 is 0 Å². The molecule has 0 radical (unpaired) electrons. The van der Waals surface area contributed by atoms with Gasteiger partial charge in [-0.1, -0.05) is 0 Å². The van der Waals surface area contributed by atoms with Gasteiger partial charge in [0.15, 0.2) is 0 Å². The minimum absolute atomic E-state index is 0.00769. The number of morpholine rings is 1. The molecule has 2 unspecified atom stereocenters. The summed E-state index contributed by atoms with van der Waals surface area (Å²) in [6, 6.07) is 0. The van der Waals surface area contributed by atoms with Gasteiger partial charge in [-0.15, -0.1) is 11.3 Å². The zero-order chi connectivity index (χ0) is 13.3. The van der Waals surface area contributed by atoms with Crippen molar-refractivity contribution in [2.24, 2.45) is 0 Å². The van der Waals surface area contributed by atoms with Gasteiger partial charge in [-0.2, -0.15) is 0 Å². The minimum Gasteiger partial charge on any atom is -0.394 e. The van der Waals surface area contributed by atoms with Crippen LogP contribution in [-0.2, 0) is 4.74 Å². The maximum absolute atomic E-state index is 12.4. The van der Waals surface area contributed by atoms with Gasteiger partial charge in [-0.25, -0.2) is 4.98 Å². The third-order valence-electron chi connectivity index (χ3n) is 2.91. The second-order valence-corrected chi connectivity index (χ2v) is 5.81. The number of rotatable bonds is 2. The summed E-state index contributed by atoms with van der Waals surface area (Å²) in [5, 5.41) is 10.1. The molecule has 0 aromatic carbocycles. The molecule has 1 aliphatic rings. The Labute approximate surface area is 110 Å². The highest BCUT2D eigenvalue weighted by Gasteiger charge is 2.30. The van der Waals surface area contributed by atoms with E-state index in [1.54, 1.807) is 4.90 Å². The Bertz CT molecular complexity index is 447. The van der Waals surface area contributed by atoms with E-state index in [9.17, 15) is 4.79 Å². The van der Waals surface area contributed by atoms with Crippen molar-refractivity contribution in [1.29, 1.82) is 0 Å². The molecule has 1 fully saturated rings. The van der Waals surface area contributed by atoms with Crippen LogP contribution >= 0.6 is 11.3 Å². The quantitative estimate of drug-likeness (QED) is 0.870. The summed E-state index contributed by atoms with van der Waals surface area (Å²) >= 11 is 1.42. The van der Waals surface area contributed by atoms with Crippen LogP contribution in [0.25, 0.3) is 0 Å². The number of carbonyl (C=O) groups is 1. The second kappa shape index (κ2) is 5.34. The highest BCUT2D eigenvalue weighted by molar-refractivity contribution is 7.13. The molecule has 6 heteroatoms. The van der Waals surface area contributed by atoms with Crippen molar-refractivity contribution in [1.82, 2.24) is 9.88 Å². The number of ether oxygens (including phenoxy) is 1. The van der Waals surface area contributed by atoms with Crippen molar-refractivity contribution in [2.45, 2.75) is 33.0 Å². The topological polar surface area (TPSA) is 62.7 Å². The molecule has 1 N–H and O–H groups in total. The number of aliphatic hydroxyl groups is 1. The molecule has 0 spiro atoms. The van der Waals surface area contributed by atoms with E-state index in [-0.39, 0.29) is 24.7 Å². The van der Waals surface area contributed by atoms with E-state index in [4.69, 9.17) is 9.84 Å².